The predicted molar refractivity (Wildman–Crippen MR) is 115 cm³/mol. The van der Waals surface area contributed by atoms with Crippen LogP contribution >= 0.6 is 15.9 Å². The third-order valence-electron chi connectivity index (χ3n) is 6.05. The summed E-state index contributed by atoms with van der Waals surface area (Å²) in [6.07, 6.45) is 7.92. The van der Waals surface area contributed by atoms with E-state index in [1.807, 2.05) is 36.4 Å². The fourth-order valence-electron chi connectivity index (χ4n) is 4.31. The van der Waals surface area contributed by atoms with Crippen molar-refractivity contribution in [3.63, 3.8) is 0 Å². The lowest BCUT2D eigenvalue weighted by Crippen LogP contribution is -2.47. The van der Waals surface area contributed by atoms with E-state index >= 15 is 0 Å². The maximum atomic E-state index is 13.4. The molecule has 0 atom stereocenters. The highest BCUT2D eigenvalue weighted by molar-refractivity contribution is 9.10. The second kappa shape index (κ2) is 9.26. The Morgan fingerprint density at radius 2 is 1.90 bits per heavy atom. The average Bonchev–Trinajstić information content (AvgIpc) is 3.27. The average molecular weight is 459 g/mol. The lowest BCUT2D eigenvalue weighted by atomic mass is 9.73. The quantitative estimate of drug-likeness (QED) is 0.690. The first-order valence-electron chi connectivity index (χ1n) is 10.4. The molecule has 2 aromatic rings. The van der Waals surface area contributed by atoms with E-state index in [0.717, 1.165) is 28.4 Å². The Balaban J connectivity index is 1.49. The van der Waals surface area contributed by atoms with Gasteiger partial charge in [0.05, 0.1) is 5.41 Å². The number of amides is 1. The minimum Gasteiger partial charge on any atom is -0.474 e. The summed E-state index contributed by atoms with van der Waals surface area (Å²) in [6, 6.07) is 11.9. The van der Waals surface area contributed by atoms with Gasteiger partial charge in [-0.1, -0.05) is 34.1 Å². The van der Waals surface area contributed by atoms with Crippen LogP contribution in [0.3, 0.4) is 0 Å². The Hall–Kier alpha value is -1.92. The molecule has 1 aliphatic carbocycles. The molecule has 0 unspecified atom stereocenters. The van der Waals surface area contributed by atoms with Crippen LogP contribution in [0.1, 0.15) is 49.7 Å². The molecule has 4 rings (SSSR count). The number of pyridine rings is 1. The number of hydrogen-bond donors (Lipinski definition) is 1. The van der Waals surface area contributed by atoms with Crippen molar-refractivity contribution in [1.82, 2.24) is 10.3 Å². The maximum Gasteiger partial charge on any atom is 0.231 e. The molecule has 1 saturated heterocycles. The van der Waals surface area contributed by atoms with E-state index in [9.17, 15) is 4.79 Å². The van der Waals surface area contributed by atoms with E-state index in [4.69, 9.17) is 9.47 Å². The van der Waals surface area contributed by atoms with Gasteiger partial charge in [-0.25, -0.2) is 4.98 Å². The summed E-state index contributed by atoms with van der Waals surface area (Å²) >= 11 is 3.48. The van der Waals surface area contributed by atoms with Gasteiger partial charge in [0.2, 0.25) is 11.8 Å². The summed E-state index contributed by atoms with van der Waals surface area (Å²) in [6.45, 7) is 1.59. The van der Waals surface area contributed by atoms with Crippen molar-refractivity contribution in [1.29, 1.82) is 0 Å². The normalized spacial score (nSPS) is 19.1. The largest absolute Gasteiger partial charge is 0.474 e. The second-order valence-corrected chi connectivity index (χ2v) is 8.79. The fourth-order valence-corrected chi connectivity index (χ4v) is 4.57. The van der Waals surface area contributed by atoms with Crippen LogP contribution in [0.4, 0.5) is 0 Å². The Morgan fingerprint density at radius 1 is 1.17 bits per heavy atom. The first-order valence-corrected chi connectivity index (χ1v) is 11.2. The second-order valence-electron chi connectivity index (χ2n) is 7.88. The van der Waals surface area contributed by atoms with Gasteiger partial charge in [-0.2, -0.15) is 0 Å². The van der Waals surface area contributed by atoms with E-state index < -0.39 is 5.41 Å². The summed E-state index contributed by atoms with van der Waals surface area (Å²) in [5.74, 6) is 0.683. The molecule has 2 fully saturated rings. The minimum atomic E-state index is -0.562. The van der Waals surface area contributed by atoms with Crippen molar-refractivity contribution in [2.75, 3.05) is 13.2 Å². The molecule has 1 aliphatic heterocycles. The van der Waals surface area contributed by atoms with Gasteiger partial charge in [0.1, 0.15) is 6.10 Å². The molecule has 2 heterocycles. The monoisotopic (exact) mass is 458 g/mol. The molecule has 1 aromatic heterocycles. The number of halogens is 1. The van der Waals surface area contributed by atoms with Gasteiger partial charge < -0.3 is 14.8 Å². The Bertz CT molecular complexity index is 828. The molecule has 1 saturated carbocycles. The van der Waals surface area contributed by atoms with Gasteiger partial charge in [0.15, 0.2) is 0 Å². The Labute approximate surface area is 180 Å². The molecule has 0 spiro atoms. The van der Waals surface area contributed by atoms with Crippen molar-refractivity contribution >= 4 is 21.8 Å². The van der Waals surface area contributed by atoms with Gasteiger partial charge in [-0.05, 0) is 62.3 Å². The molecule has 154 valence electrons. The number of benzene rings is 1. The Morgan fingerprint density at radius 3 is 2.62 bits per heavy atom. The first-order chi connectivity index (χ1) is 14.2. The van der Waals surface area contributed by atoms with Crippen LogP contribution in [-0.2, 0) is 21.5 Å². The van der Waals surface area contributed by atoms with Crippen LogP contribution in [0.2, 0.25) is 0 Å². The number of carbonyl (C=O) groups excluding carboxylic acids is 1. The number of nitrogens with one attached hydrogen (secondary N) is 1. The van der Waals surface area contributed by atoms with Crippen LogP contribution in [0.5, 0.6) is 5.88 Å². The van der Waals surface area contributed by atoms with Gasteiger partial charge in [0, 0.05) is 36.0 Å². The van der Waals surface area contributed by atoms with Crippen molar-refractivity contribution in [3.05, 3.63) is 58.2 Å². The van der Waals surface area contributed by atoms with E-state index in [1.54, 1.807) is 6.20 Å². The Kier molecular flexibility index (Phi) is 6.50. The van der Waals surface area contributed by atoms with Gasteiger partial charge in [-0.15, -0.1) is 0 Å². The van der Waals surface area contributed by atoms with Crippen LogP contribution < -0.4 is 10.1 Å². The van der Waals surface area contributed by atoms with E-state index in [-0.39, 0.29) is 12.0 Å². The number of hydrogen-bond acceptors (Lipinski definition) is 4. The fraction of sp³-hybridized carbons (Fsp3) is 0.478. The summed E-state index contributed by atoms with van der Waals surface area (Å²) in [7, 11) is 0. The number of carbonyl (C=O) groups is 1. The molecule has 5 nitrogen and oxygen atoms in total. The van der Waals surface area contributed by atoms with Crippen molar-refractivity contribution in [3.8, 4) is 5.88 Å². The molecule has 1 aromatic carbocycles. The molecular weight excluding hydrogens is 432 g/mol. The lowest BCUT2D eigenvalue weighted by Gasteiger charge is -2.36. The van der Waals surface area contributed by atoms with Crippen molar-refractivity contribution < 1.29 is 14.3 Å². The molecule has 0 radical (unpaired) electrons. The third-order valence-corrected chi connectivity index (χ3v) is 6.58. The van der Waals surface area contributed by atoms with Gasteiger partial charge >= 0.3 is 0 Å². The number of rotatable bonds is 6. The summed E-state index contributed by atoms with van der Waals surface area (Å²) in [5.41, 5.74) is 1.40. The maximum absolute atomic E-state index is 13.4. The highest BCUT2D eigenvalue weighted by atomic mass is 79.9. The summed E-state index contributed by atoms with van der Waals surface area (Å²) < 4.78 is 12.7. The van der Waals surface area contributed by atoms with Gasteiger partial charge in [0.25, 0.3) is 0 Å². The summed E-state index contributed by atoms with van der Waals surface area (Å²) in [5, 5.41) is 3.16. The predicted octanol–water partition coefficient (Wildman–Crippen LogP) is 4.53. The van der Waals surface area contributed by atoms with Gasteiger partial charge in [-0.3, -0.25) is 4.79 Å². The lowest BCUT2D eigenvalue weighted by molar-refractivity contribution is -0.130. The smallest absolute Gasteiger partial charge is 0.231 e. The van der Waals surface area contributed by atoms with Crippen molar-refractivity contribution in [2.24, 2.45) is 0 Å². The zero-order valence-electron chi connectivity index (χ0n) is 16.5. The topological polar surface area (TPSA) is 60.5 Å². The van der Waals surface area contributed by atoms with E-state index in [1.165, 1.54) is 12.8 Å². The number of nitrogens with zero attached hydrogens (tertiary/aromatic N) is 1. The molecular formula is C23H27BrN2O3. The minimum absolute atomic E-state index is 0.0405. The standard InChI is InChI=1S/C23H27BrN2O3/c24-19-9-7-18(8-10-19)23(11-14-28-15-12-23)22(27)26-16-17-4-3-13-25-21(17)29-20-5-1-2-6-20/h3-4,7-10,13,20H,1-2,5-6,11-12,14-16H2,(H,26,27). The number of aromatic nitrogens is 1. The molecule has 6 heteroatoms. The van der Waals surface area contributed by atoms with Crippen LogP contribution in [0.15, 0.2) is 47.1 Å². The molecule has 29 heavy (non-hydrogen) atoms. The molecule has 1 N–H and O–H groups in total. The zero-order chi connectivity index (χ0) is 20.1. The number of ether oxygens (including phenoxy) is 2. The molecule has 2 aliphatic rings. The van der Waals surface area contributed by atoms with E-state index in [0.29, 0.717) is 38.5 Å². The third kappa shape index (κ3) is 4.64. The first kappa shape index (κ1) is 20.4. The molecule has 0 bridgehead atoms. The van der Waals surface area contributed by atoms with Crippen molar-refractivity contribution in [2.45, 2.75) is 56.6 Å². The van der Waals surface area contributed by atoms with Crippen LogP contribution in [0, 0.1) is 0 Å². The van der Waals surface area contributed by atoms with E-state index in [2.05, 4.69) is 26.2 Å². The van der Waals surface area contributed by atoms with Crippen LogP contribution in [-0.4, -0.2) is 30.2 Å². The highest BCUT2D eigenvalue weighted by Crippen LogP contribution is 2.36. The molecule has 1 amide bonds. The summed E-state index contributed by atoms with van der Waals surface area (Å²) in [4.78, 5) is 17.8. The SMILES string of the molecule is O=C(NCc1cccnc1OC1CCCC1)C1(c2ccc(Br)cc2)CCOCC1. The van der Waals surface area contributed by atoms with Crippen LogP contribution in [0.25, 0.3) is 0 Å². The highest BCUT2D eigenvalue weighted by Gasteiger charge is 2.41. The zero-order valence-corrected chi connectivity index (χ0v) is 18.1.